The van der Waals surface area contributed by atoms with Gasteiger partial charge in [-0.1, -0.05) is 67.5 Å². The standard InChI is InChI=1S/C43H53N9O2S.BHOS/c1-28-22-31(25-33(23-28)50-55(53,54)36-26-32(15-14-29(36)2)43(10,11)27-41(4,5)6)39-47-40-37(38(42(7,8)9)48-52(40)49-39)46-35-17-16-34(24-30(35)3)51(20-12-18-44)21-13-19-45;2-1-3/h14-17,22-26,50H,12-13,20-21,27H2,1-11H3;2H. The van der Waals surface area contributed by atoms with Gasteiger partial charge in [0.05, 0.1) is 41.3 Å². The molecule has 1 aromatic heterocycles. The quantitative estimate of drug-likeness (QED) is 0.132. The third kappa shape index (κ3) is 11.2. The first-order valence-electron chi connectivity index (χ1n) is 19.1. The summed E-state index contributed by atoms with van der Waals surface area (Å²) in [6.45, 7) is 23.9. The number of hydrogen-bond donors (Lipinski definition) is 2. The zero-order chi connectivity index (χ0) is 43.2. The number of aliphatic imine (C=N–C) groups is 1. The molecule has 12 nitrogen and oxygen atoms in total. The van der Waals surface area contributed by atoms with Gasteiger partial charge in [0.1, 0.15) is 5.71 Å². The number of nitriles is 2. The Hall–Kier alpha value is -5.25. The fourth-order valence-electron chi connectivity index (χ4n) is 7.24. The van der Waals surface area contributed by atoms with Crippen LogP contribution in [-0.4, -0.2) is 59.2 Å². The molecule has 2 N–H and O–H groups in total. The van der Waals surface area contributed by atoms with Crippen molar-refractivity contribution in [3.8, 4) is 23.5 Å². The molecule has 0 bridgehead atoms. The maximum absolute atomic E-state index is 14.0. The summed E-state index contributed by atoms with van der Waals surface area (Å²) in [5, 5.41) is 35.2. The van der Waals surface area contributed by atoms with Crippen molar-refractivity contribution in [2.45, 2.75) is 106 Å². The molecule has 15 heteroatoms. The van der Waals surface area contributed by atoms with E-state index in [1.165, 1.54) is 4.79 Å². The number of nitrogens with zero attached hydrogens (tertiary/aromatic N) is 8. The van der Waals surface area contributed by atoms with Crippen molar-refractivity contribution in [3.63, 3.8) is 0 Å². The number of aryl methyl sites for hydroxylation is 3. The van der Waals surface area contributed by atoms with Crippen LogP contribution in [0.5, 0.6) is 0 Å². The SMILES string of the molecule is Cc1cc(NS(=O)(=O)c2cc(C(C)(C)CC(C)(C)C)ccc2C)cc(-c2nc3n(n2)N=C(C(C)(C)C)C3=Nc2ccc(N(CCC#N)CCC#N)cc2C)c1.OB=S. The number of rotatable bonds is 12. The van der Waals surface area contributed by atoms with Crippen LogP contribution in [-0.2, 0) is 15.4 Å². The summed E-state index contributed by atoms with van der Waals surface area (Å²) >= 11 is 3.82. The van der Waals surface area contributed by atoms with E-state index < -0.39 is 10.0 Å². The van der Waals surface area contributed by atoms with Crippen molar-refractivity contribution >= 4 is 56.9 Å². The first kappa shape index (κ1) is 45.5. The molecule has 3 aromatic carbocycles. The van der Waals surface area contributed by atoms with Gasteiger partial charge in [-0.05, 0) is 103 Å². The van der Waals surface area contributed by atoms with Gasteiger partial charge in [-0.2, -0.15) is 15.6 Å². The van der Waals surface area contributed by atoms with Crippen LogP contribution in [0, 0.1) is 54.3 Å². The average Bonchev–Trinajstić information content (AvgIpc) is 3.67. The van der Waals surface area contributed by atoms with Crippen LogP contribution in [0.15, 0.2) is 69.6 Å². The van der Waals surface area contributed by atoms with Gasteiger partial charge in [0.25, 0.3) is 10.0 Å². The third-order valence-corrected chi connectivity index (χ3v) is 11.0. The molecule has 0 atom stereocenters. The molecule has 5 rings (SSSR count). The van der Waals surface area contributed by atoms with Gasteiger partial charge in [0, 0.05) is 35.4 Å². The number of fused-ring (bicyclic) bond motifs is 1. The van der Waals surface area contributed by atoms with Crippen LogP contribution in [0.3, 0.4) is 0 Å². The minimum absolute atomic E-state index is 0.0726. The second-order valence-electron chi connectivity index (χ2n) is 17.5. The van der Waals surface area contributed by atoms with E-state index in [1.807, 2.05) is 68.1 Å². The Kier molecular flexibility index (Phi) is 14.2. The van der Waals surface area contributed by atoms with Gasteiger partial charge in [-0.25, -0.2) is 18.4 Å². The van der Waals surface area contributed by atoms with Crippen LogP contribution in [0.4, 0.5) is 17.1 Å². The molecule has 0 aliphatic carbocycles. The van der Waals surface area contributed by atoms with E-state index >= 15 is 0 Å². The van der Waals surface area contributed by atoms with Gasteiger partial charge < -0.3 is 4.90 Å². The molecule has 0 amide bonds. The maximum atomic E-state index is 14.0. The van der Waals surface area contributed by atoms with Crippen molar-refractivity contribution in [3.05, 3.63) is 82.7 Å². The molecule has 0 spiro atoms. The zero-order valence-corrected chi connectivity index (χ0v) is 37.1. The number of benzene rings is 3. The van der Waals surface area contributed by atoms with Gasteiger partial charge in [0.2, 0.25) is 5.82 Å². The molecular weight excluding hydrogens is 765 g/mol. The van der Waals surface area contributed by atoms with Crippen molar-refractivity contribution in [1.82, 2.24) is 14.9 Å². The summed E-state index contributed by atoms with van der Waals surface area (Å²) in [6.07, 6.45) is 2.19. The Balaban J connectivity index is 0.00000240. The molecule has 2 heterocycles. The van der Waals surface area contributed by atoms with E-state index in [2.05, 4.69) is 84.3 Å². The molecule has 304 valence electrons. The fraction of sp³-hybridized carbons (Fsp3) is 0.442. The van der Waals surface area contributed by atoms with Crippen molar-refractivity contribution in [1.29, 1.82) is 10.5 Å². The Morgan fingerprint density at radius 3 is 2.12 bits per heavy atom. The number of sulfonamides is 1. The van der Waals surface area contributed by atoms with E-state index in [1.54, 1.807) is 12.1 Å². The van der Waals surface area contributed by atoms with Crippen LogP contribution in [0.1, 0.15) is 103 Å². The van der Waals surface area contributed by atoms with Gasteiger partial charge in [-0.3, -0.25) is 4.72 Å². The van der Waals surface area contributed by atoms with Crippen LogP contribution < -0.4 is 9.62 Å². The summed E-state index contributed by atoms with van der Waals surface area (Å²) in [7, 11) is -3.94. The normalized spacial score (nSPS) is 13.4. The van der Waals surface area contributed by atoms with E-state index in [9.17, 15) is 8.42 Å². The Labute approximate surface area is 349 Å². The molecule has 0 saturated carbocycles. The number of aromatic nitrogens is 3. The molecule has 1 aliphatic rings. The van der Waals surface area contributed by atoms with E-state index in [4.69, 9.17) is 35.7 Å². The summed E-state index contributed by atoms with van der Waals surface area (Å²) in [4.78, 5) is 13.8. The van der Waals surface area contributed by atoms with Crippen LogP contribution >= 0.6 is 12.1 Å². The van der Waals surface area contributed by atoms with E-state index in [-0.39, 0.29) is 21.1 Å². The topological polar surface area (TPSA) is 173 Å². The molecular formula is C43H54BN9O3S2. The van der Waals surface area contributed by atoms with E-state index in [0.717, 1.165) is 40.2 Å². The van der Waals surface area contributed by atoms with Crippen LogP contribution in [0.25, 0.3) is 11.4 Å². The summed E-state index contributed by atoms with van der Waals surface area (Å²) in [6, 6.07) is 21.5. The molecule has 58 heavy (non-hydrogen) atoms. The third-order valence-electron chi connectivity index (χ3n) is 9.52. The molecule has 1 aliphatic heterocycles. The van der Waals surface area contributed by atoms with Crippen molar-refractivity contribution in [2.24, 2.45) is 20.9 Å². The predicted molar refractivity (Wildman–Crippen MR) is 237 cm³/mol. The predicted octanol–water partition coefficient (Wildman–Crippen LogP) is 9.11. The van der Waals surface area contributed by atoms with Crippen molar-refractivity contribution in [2.75, 3.05) is 22.7 Å². The monoisotopic (exact) mass is 819 g/mol. The molecule has 0 saturated heterocycles. The zero-order valence-electron chi connectivity index (χ0n) is 35.5. The molecule has 0 radical (unpaired) electrons. The molecule has 0 fully saturated rings. The first-order valence-corrected chi connectivity index (χ1v) is 21.1. The first-order chi connectivity index (χ1) is 27.0. The van der Waals surface area contributed by atoms with Gasteiger partial charge in [0.15, 0.2) is 5.82 Å². The number of nitrogens with one attached hydrogen (secondary N) is 1. The number of hydrogen-bond acceptors (Lipinski definition) is 10. The number of anilines is 2. The molecule has 0 unspecified atom stereocenters. The van der Waals surface area contributed by atoms with Crippen LogP contribution in [0.2, 0.25) is 0 Å². The fourth-order valence-corrected chi connectivity index (χ4v) is 8.55. The van der Waals surface area contributed by atoms with Gasteiger partial charge in [-0.15, -0.1) is 9.89 Å². The summed E-state index contributed by atoms with van der Waals surface area (Å²) in [5.41, 5.74) is 6.93. The van der Waals surface area contributed by atoms with Crippen molar-refractivity contribution < 1.29 is 13.4 Å². The second kappa shape index (κ2) is 18.1. The van der Waals surface area contributed by atoms with Gasteiger partial charge >= 0.3 is 23.4 Å². The Bertz CT molecular complexity index is 2410. The second-order valence-corrected chi connectivity index (χ2v) is 19.3. The summed E-state index contributed by atoms with van der Waals surface area (Å²) < 4.78 is 30.8. The summed E-state index contributed by atoms with van der Waals surface area (Å²) in [5.74, 6) is 0.880. The Morgan fingerprint density at radius 2 is 1.55 bits per heavy atom. The van der Waals surface area contributed by atoms with E-state index in [0.29, 0.717) is 66.5 Å². The minimum atomic E-state index is -3.94. The Morgan fingerprint density at radius 1 is 0.914 bits per heavy atom. The molecule has 4 aromatic rings. The average molecular weight is 820 g/mol.